The van der Waals surface area contributed by atoms with Crippen LogP contribution in [-0.4, -0.2) is 6.54 Å². The van der Waals surface area contributed by atoms with Crippen LogP contribution in [0.5, 0.6) is 0 Å². The minimum Gasteiger partial charge on any atom is -0.310 e. The Morgan fingerprint density at radius 3 is 2.50 bits per heavy atom. The molecule has 0 unspecified atom stereocenters. The third-order valence-corrected chi connectivity index (χ3v) is 4.10. The Morgan fingerprint density at radius 1 is 1.17 bits per heavy atom. The van der Waals surface area contributed by atoms with Gasteiger partial charge in [0.05, 0.1) is 0 Å². The van der Waals surface area contributed by atoms with Crippen molar-refractivity contribution in [2.24, 2.45) is 5.92 Å². The average molecular weight is 249 g/mol. The van der Waals surface area contributed by atoms with Gasteiger partial charge in [0, 0.05) is 6.04 Å². The lowest BCUT2D eigenvalue weighted by Crippen LogP contribution is -2.22. The van der Waals surface area contributed by atoms with Gasteiger partial charge in [0.25, 0.3) is 0 Å². The van der Waals surface area contributed by atoms with E-state index in [4.69, 9.17) is 0 Å². The maximum atomic E-state index is 12.8. The molecule has 1 atom stereocenters. The lowest BCUT2D eigenvalue weighted by atomic mass is 9.87. The molecule has 1 aromatic carbocycles. The van der Waals surface area contributed by atoms with Crippen LogP contribution in [0, 0.1) is 11.7 Å². The Morgan fingerprint density at radius 2 is 1.83 bits per heavy atom. The zero-order valence-corrected chi connectivity index (χ0v) is 11.3. The molecule has 0 aromatic heterocycles. The molecule has 1 N–H and O–H groups in total. The van der Waals surface area contributed by atoms with Crippen molar-refractivity contribution in [2.75, 3.05) is 6.54 Å². The van der Waals surface area contributed by atoms with Crippen molar-refractivity contribution in [3.63, 3.8) is 0 Å². The van der Waals surface area contributed by atoms with E-state index in [-0.39, 0.29) is 5.82 Å². The SMILES string of the molecule is C[C@@H](NCCC1CCCCC1)c1ccc(F)cc1. The van der Waals surface area contributed by atoms with Crippen LogP contribution in [0.3, 0.4) is 0 Å². The highest BCUT2D eigenvalue weighted by Crippen LogP contribution is 2.26. The van der Waals surface area contributed by atoms with Crippen molar-refractivity contribution in [3.05, 3.63) is 35.6 Å². The molecular weight excluding hydrogens is 225 g/mol. The molecule has 1 saturated carbocycles. The van der Waals surface area contributed by atoms with Gasteiger partial charge in [-0.05, 0) is 43.5 Å². The Bertz CT molecular complexity index is 341. The molecule has 1 fully saturated rings. The number of halogens is 1. The third-order valence-electron chi connectivity index (χ3n) is 4.10. The fourth-order valence-corrected chi connectivity index (χ4v) is 2.85. The predicted molar refractivity (Wildman–Crippen MR) is 74.0 cm³/mol. The zero-order valence-electron chi connectivity index (χ0n) is 11.3. The van der Waals surface area contributed by atoms with Crippen LogP contribution in [0.2, 0.25) is 0 Å². The van der Waals surface area contributed by atoms with E-state index < -0.39 is 0 Å². The first kappa shape index (κ1) is 13.5. The van der Waals surface area contributed by atoms with Crippen LogP contribution in [0.15, 0.2) is 24.3 Å². The van der Waals surface area contributed by atoms with Crippen LogP contribution < -0.4 is 5.32 Å². The summed E-state index contributed by atoms with van der Waals surface area (Å²) in [6.45, 7) is 3.22. The molecule has 2 heteroatoms. The van der Waals surface area contributed by atoms with Crippen molar-refractivity contribution in [1.82, 2.24) is 5.32 Å². The third kappa shape index (κ3) is 4.09. The van der Waals surface area contributed by atoms with E-state index in [1.54, 1.807) is 0 Å². The number of benzene rings is 1. The summed E-state index contributed by atoms with van der Waals surface area (Å²) in [7, 11) is 0. The fraction of sp³-hybridized carbons (Fsp3) is 0.625. The van der Waals surface area contributed by atoms with E-state index in [1.807, 2.05) is 12.1 Å². The number of nitrogens with one attached hydrogen (secondary N) is 1. The second kappa shape index (κ2) is 6.89. The van der Waals surface area contributed by atoms with E-state index >= 15 is 0 Å². The molecule has 0 saturated heterocycles. The summed E-state index contributed by atoms with van der Waals surface area (Å²) in [4.78, 5) is 0. The van der Waals surface area contributed by atoms with Crippen molar-refractivity contribution in [2.45, 2.75) is 51.5 Å². The van der Waals surface area contributed by atoms with Crippen molar-refractivity contribution in [3.8, 4) is 0 Å². The van der Waals surface area contributed by atoms with Crippen LogP contribution in [0.1, 0.15) is 57.1 Å². The van der Waals surface area contributed by atoms with Gasteiger partial charge in [0.1, 0.15) is 5.82 Å². The van der Waals surface area contributed by atoms with E-state index in [2.05, 4.69) is 12.2 Å². The van der Waals surface area contributed by atoms with E-state index in [1.165, 1.54) is 56.2 Å². The van der Waals surface area contributed by atoms with Gasteiger partial charge in [0.2, 0.25) is 0 Å². The van der Waals surface area contributed by atoms with Gasteiger partial charge >= 0.3 is 0 Å². The lowest BCUT2D eigenvalue weighted by Gasteiger charge is -2.22. The van der Waals surface area contributed by atoms with Crippen molar-refractivity contribution < 1.29 is 4.39 Å². The van der Waals surface area contributed by atoms with E-state index in [9.17, 15) is 4.39 Å². The Hall–Kier alpha value is -0.890. The molecule has 1 aromatic rings. The number of hydrogen-bond donors (Lipinski definition) is 1. The Balaban J connectivity index is 1.70. The molecule has 100 valence electrons. The lowest BCUT2D eigenvalue weighted by molar-refractivity contribution is 0.329. The summed E-state index contributed by atoms with van der Waals surface area (Å²) < 4.78 is 12.8. The normalized spacial score (nSPS) is 18.8. The van der Waals surface area contributed by atoms with Gasteiger partial charge in [-0.15, -0.1) is 0 Å². The van der Waals surface area contributed by atoms with Gasteiger partial charge in [-0.25, -0.2) is 4.39 Å². The molecular formula is C16H24FN. The second-order valence-corrected chi connectivity index (χ2v) is 5.52. The first-order chi connectivity index (χ1) is 8.75. The van der Waals surface area contributed by atoms with Crippen LogP contribution in [0.4, 0.5) is 4.39 Å². The molecule has 0 aliphatic heterocycles. The monoisotopic (exact) mass is 249 g/mol. The topological polar surface area (TPSA) is 12.0 Å². The first-order valence-corrected chi connectivity index (χ1v) is 7.24. The predicted octanol–water partition coefficient (Wildman–Crippen LogP) is 4.45. The standard InChI is InChI=1S/C16H24FN/c1-13(15-7-9-16(17)10-8-15)18-12-11-14-5-3-2-4-6-14/h7-10,13-14,18H,2-6,11-12H2,1H3/t13-/m1/s1. The van der Waals surface area contributed by atoms with Gasteiger partial charge < -0.3 is 5.32 Å². The summed E-state index contributed by atoms with van der Waals surface area (Å²) >= 11 is 0. The summed E-state index contributed by atoms with van der Waals surface area (Å²) in [5, 5.41) is 3.54. The molecule has 0 radical (unpaired) electrons. The van der Waals surface area contributed by atoms with Gasteiger partial charge in [-0.1, -0.05) is 44.2 Å². The van der Waals surface area contributed by atoms with Crippen LogP contribution >= 0.6 is 0 Å². The van der Waals surface area contributed by atoms with Crippen LogP contribution in [-0.2, 0) is 0 Å². The molecule has 0 heterocycles. The fourth-order valence-electron chi connectivity index (χ4n) is 2.85. The maximum Gasteiger partial charge on any atom is 0.123 e. The molecule has 1 aliphatic carbocycles. The molecule has 2 rings (SSSR count). The first-order valence-electron chi connectivity index (χ1n) is 7.24. The smallest absolute Gasteiger partial charge is 0.123 e. The van der Waals surface area contributed by atoms with E-state index in [0.717, 1.165) is 12.5 Å². The van der Waals surface area contributed by atoms with E-state index in [0.29, 0.717) is 6.04 Å². The van der Waals surface area contributed by atoms with Crippen molar-refractivity contribution >= 4 is 0 Å². The minimum absolute atomic E-state index is 0.159. The minimum atomic E-state index is -0.159. The second-order valence-electron chi connectivity index (χ2n) is 5.52. The van der Waals surface area contributed by atoms with Gasteiger partial charge in [0.15, 0.2) is 0 Å². The molecule has 18 heavy (non-hydrogen) atoms. The van der Waals surface area contributed by atoms with Crippen molar-refractivity contribution in [1.29, 1.82) is 0 Å². The molecule has 0 spiro atoms. The molecule has 0 amide bonds. The summed E-state index contributed by atoms with van der Waals surface area (Å²) in [6, 6.07) is 7.12. The highest BCUT2D eigenvalue weighted by Gasteiger charge is 2.13. The molecule has 1 aliphatic rings. The summed E-state index contributed by atoms with van der Waals surface area (Å²) in [6.07, 6.45) is 8.36. The zero-order chi connectivity index (χ0) is 12.8. The Labute approximate surface area is 110 Å². The van der Waals surface area contributed by atoms with Gasteiger partial charge in [-0.3, -0.25) is 0 Å². The Kier molecular flexibility index (Phi) is 5.18. The summed E-state index contributed by atoms with van der Waals surface area (Å²) in [5.41, 5.74) is 1.17. The maximum absolute atomic E-state index is 12.8. The number of rotatable bonds is 5. The average Bonchev–Trinajstić information content (AvgIpc) is 2.40. The van der Waals surface area contributed by atoms with Gasteiger partial charge in [-0.2, -0.15) is 0 Å². The quantitative estimate of drug-likeness (QED) is 0.813. The summed E-state index contributed by atoms with van der Waals surface area (Å²) in [5.74, 6) is 0.764. The largest absolute Gasteiger partial charge is 0.310 e. The number of hydrogen-bond acceptors (Lipinski definition) is 1. The molecule has 1 nitrogen and oxygen atoms in total. The highest BCUT2D eigenvalue weighted by atomic mass is 19.1. The highest BCUT2D eigenvalue weighted by molar-refractivity contribution is 5.19. The molecule has 0 bridgehead atoms. The van der Waals surface area contributed by atoms with Crippen LogP contribution in [0.25, 0.3) is 0 Å².